The molecule has 0 aromatic carbocycles. The molecule has 126 valence electrons. The molecule has 2 aliphatic rings. The molecule has 0 aromatic heterocycles. The fourth-order valence-electron chi connectivity index (χ4n) is 2.99. The molecule has 2 rings (SSSR count). The van der Waals surface area contributed by atoms with Gasteiger partial charge in [0.1, 0.15) is 0 Å². The number of piperidine rings is 1. The number of hydrazone groups is 1. The smallest absolute Gasteiger partial charge is 0.426 e. The normalized spacial score (nSPS) is 23.3. The first-order valence-electron chi connectivity index (χ1n) is 8.87. The SMILES string of the molecule is CCC(C)(C)OB(O)C1C=NN(CCCN2CCCCC2)C1. The van der Waals surface area contributed by atoms with Gasteiger partial charge in [-0.15, -0.1) is 0 Å². The van der Waals surface area contributed by atoms with Crippen LogP contribution >= 0.6 is 0 Å². The van der Waals surface area contributed by atoms with Crippen LogP contribution < -0.4 is 0 Å². The molecule has 6 heteroatoms. The van der Waals surface area contributed by atoms with Crippen LogP contribution in [0.15, 0.2) is 5.10 Å². The Bertz CT molecular complexity index is 359. The average Bonchev–Trinajstić information content (AvgIpc) is 2.97. The van der Waals surface area contributed by atoms with E-state index in [1.54, 1.807) is 0 Å². The van der Waals surface area contributed by atoms with Gasteiger partial charge in [-0.25, -0.2) is 0 Å². The van der Waals surface area contributed by atoms with Crippen LogP contribution in [0.2, 0.25) is 5.82 Å². The lowest BCUT2D eigenvalue weighted by molar-refractivity contribution is 0.0757. The topological polar surface area (TPSA) is 48.3 Å². The zero-order valence-electron chi connectivity index (χ0n) is 14.5. The summed E-state index contributed by atoms with van der Waals surface area (Å²) in [5.41, 5.74) is -0.283. The van der Waals surface area contributed by atoms with Crippen molar-refractivity contribution in [2.45, 2.75) is 64.3 Å². The minimum atomic E-state index is -0.759. The lowest BCUT2D eigenvalue weighted by Gasteiger charge is -2.28. The zero-order chi connectivity index (χ0) is 16.0. The fraction of sp³-hybridized carbons (Fsp3) is 0.938. The number of hydrogen-bond acceptors (Lipinski definition) is 5. The van der Waals surface area contributed by atoms with Crippen LogP contribution in [0.1, 0.15) is 52.9 Å². The second kappa shape index (κ2) is 8.32. The Labute approximate surface area is 135 Å². The molecule has 0 radical (unpaired) electrons. The second-order valence-electron chi connectivity index (χ2n) is 7.22. The maximum atomic E-state index is 10.2. The summed E-state index contributed by atoms with van der Waals surface area (Å²) in [7, 11) is -0.759. The highest BCUT2D eigenvalue weighted by molar-refractivity contribution is 6.49. The summed E-state index contributed by atoms with van der Waals surface area (Å²) >= 11 is 0. The first-order chi connectivity index (χ1) is 10.5. The molecule has 1 saturated heterocycles. The van der Waals surface area contributed by atoms with Crippen LogP contribution in [0, 0.1) is 0 Å². The van der Waals surface area contributed by atoms with Gasteiger partial charge in [-0.05, 0) is 59.2 Å². The molecule has 0 saturated carbocycles. The third-order valence-corrected chi connectivity index (χ3v) is 4.84. The van der Waals surface area contributed by atoms with E-state index in [9.17, 15) is 5.02 Å². The Kier molecular flexibility index (Phi) is 6.72. The monoisotopic (exact) mass is 309 g/mol. The van der Waals surface area contributed by atoms with Gasteiger partial charge in [-0.2, -0.15) is 5.10 Å². The van der Waals surface area contributed by atoms with E-state index in [0.29, 0.717) is 0 Å². The summed E-state index contributed by atoms with van der Waals surface area (Å²) in [6.45, 7) is 11.5. The summed E-state index contributed by atoms with van der Waals surface area (Å²) in [5, 5.41) is 16.7. The van der Waals surface area contributed by atoms with Gasteiger partial charge < -0.3 is 14.6 Å². The lowest BCUT2D eigenvalue weighted by Crippen LogP contribution is -2.38. The molecule has 0 amide bonds. The molecule has 22 heavy (non-hydrogen) atoms. The molecule has 0 bridgehead atoms. The summed E-state index contributed by atoms with van der Waals surface area (Å²) in [6, 6.07) is 0. The quantitative estimate of drug-likeness (QED) is 0.699. The molecular formula is C16H32BN3O2. The standard InChI is InChI=1S/C16H32BN3O2/c1-4-16(2,3)22-17(21)15-13-18-20(14-15)12-8-11-19-9-6-5-7-10-19/h13,15,21H,4-12,14H2,1-3H3. The largest absolute Gasteiger partial charge is 0.465 e. The van der Waals surface area contributed by atoms with E-state index < -0.39 is 7.12 Å². The molecule has 2 aliphatic heterocycles. The molecule has 1 fully saturated rings. The van der Waals surface area contributed by atoms with E-state index >= 15 is 0 Å². The van der Waals surface area contributed by atoms with Crippen LogP contribution in [-0.2, 0) is 4.65 Å². The second-order valence-corrected chi connectivity index (χ2v) is 7.22. The van der Waals surface area contributed by atoms with E-state index in [1.165, 1.54) is 38.9 Å². The van der Waals surface area contributed by atoms with Crippen molar-refractivity contribution >= 4 is 13.3 Å². The Morgan fingerprint density at radius 3 is 2.68 bits per heavy atom. The predicted octanol–water partition coefficient (Wildman–Crippen LogP) is 2.22. The van der Waals surface area contributed by atoms with Crippen molar-refractivity contribution < 1.29 is 9.68 Å². The first kappa shape index (κ1) is 17.8. The molecule has 1 unspecified atom stereocenters. The summed E-state index contributed by atoms with van der Waals surface area (Å²) in [5.74, 6) is -0.0131. The van der Waals surface area contributed by atoms with Crippen LogP contribution in [0.3, 0.4) is 0 Å². The molecule has 1 atom stereocenters. The third-order valence-electron chi connectivity index (χ3n) is 4.84. The predicted molar refractivity (Wildman–Crippen MR) is 92.2 cm³/mol. The maximum absolute atomic E-state index is 10.2. The van der Waals surface area contributed by atoms with Gasteiger partial charge in [0.2, 0.25) is 0 Å². The van der Waals surface area contributed by atoms with Crippen molar-refractivity contribution in [3.8, 4) is 0 Å². The molecule has 5 nitrogen and oxygen atoms in total. The van der Waals surface area contributed by atoms with E-state index in [-0.39, 0.29) is 11.4 Å². The molecule has 0 aromatic rings. The van der Waals surface area contributed by atoms with Crippen LogP contribution in [0.4, 0.5) is 0 Å². The molecular weight excluding hydrogens is 277 g/mol. The minimum absolute atomic E-state index is 0.0131. The van der Waals surface area contributed by atoms with Crippen LogP contribution in [0.5, 0.6) is 0 Å². The van der Waals surface area contributed by atoms with Gasteiger partial charge in [0.15, 0.2) is 0 Å². The van der Waals surface area contributed by atoms with Gasteiger partial charge in [0.25, 0.3) is 0 Å². The molecule has 0 spiro atoms. The van der Waals surface area contributed by atoms with Gasteiger partial charge >= 0.3 is 7.12 Å². The molecule has 2 heterocycles. The average molecular weight is 309 g/mol. The van der Waals surface area contributed by atoms with E-state index in [2.05, 4.69) is 21.9 Å². The van der Waals surface area contributed by atoms with Crippen molar-refractivity contribution in [1.82, 2.24) is 9.91 Å². The van der Waals surface area contributed by atoms with Crippen LogP contribution in [0.25, 0.3) is 0 Å². The van der Waals surface area contributed by atoms with E-state index in [0.717, 1.165) is 25.9 Å². The van der Waals surface area contributed by atoms with Crippen molar-refractivity contribution in [1.29, 1.82) is 0 Å². The number of likely N-dealkylation sites (tertiary alicyclic amines) is 1. The Hall–Kier alpha value is -0.585. The molecule has 1 N–H and O–H groups in total. The Morgan fingerprint density at radius 2 is 2.00 bits per heavy atom. The van der Waals surface area contributed by atoms with Gasteiger partial charge in [0, 0.05) is 24.9 Å². The Balaban J connectivity index is 1.64. The highest BCUT2D eigenvalue weighted by atomic mass is 16.5. The first-order valence-corrected chi connectivity index (χ1v) is 8.87. The van der Waals surface area contributed by atoms with Crippen molar-refractivity contribution in [2.75, 3.05) is 32.7 Å². The van der Waals surface area contributed by atoms with Crippen molar-refractivity contribution in [3.63, 3.8) is 0 Å². The number of nitrogens with zero attached hydrogens (tertiary/aromatic N) is 3. The Morgan fingerprint density at radius 1 is 1.27 bits per heavy atom. The summed E-state index contributed by atoms with van der Waals surface area (Å²) < 4.78 is 5.75. The highest BCUT2D eigenvalue weighted by Gasteiger charge is 2.34. The van der Waals surface area contributed by atoms with Gasteiger partial charge in [0.05, 0.1) is 5.82 Å². The van der Waals surface area contributed by atoms with Crippen molar-refractivity contribution in [3.05, 3.63) is 0 Å². The summed E-state index contributed by atoms with van der Waals surface area (Å²) in [4.78, 5) is 2.56. The zero-order valence-corrected chi connectivity index (χ0v) is 14.5. The van der Waals surface area contributed by atoms with E-state index in [1.807, 2.05) is 20.1 Å². The number of rotatable bonds is 8. The minimum Gasteiger partial charge on any atom is -0.426 e. The highest BCUT2D eigenvalue weighted by Crippen LogP contribution is 2.22. The van der Waals surface area contributed by atoms with E-state index in [4.69, 9.17) is 4.65 Å². The summed E-state index contributed by atoms with van der Waals surface area (Å²) in [6.07, 6.45) is 7.95. The van der Waals surface area contributed by atoms with Crippen LogP contribution in [-0.4, -0.2) is 66.6 Å². The van der Waals surface area contributed by atoms with Gasteiger partial charge in [-0.3, -0.25) is 5.01 Å². The maximum Gasteiger partial charge on any atom is 0.465 e. The third kappa shape index (κ3) is 5.56. The number of hydrogen-bond donors (Lipinski definition) is 1. The molecule has 0 aliphatic carbocycles. The fourth-order valence-corrected chi connectivity index (χ4v) is 2.99. The lowest BCUT2D eigenvalue weighted by atomic mass is 9.72. The van der Waals surface area contributed by atoms with Gasteiger partial charge in [-0.1, -0.05) is 13.3 Å². The van der Waals surface area contributed by atoms with Crippen molar-refractivity contribution in [2.24, 2.45) is 5.10 Å².